The van der Waals surface area contributed by atoms with Crippen molar-refractivity contribution in [3.05, 3.63) is 64.8 Å². The lowest BCUT2D eigenvalue weighted by atomic mass is 9.79. The Hall–Kier alpha value is -1.31. The topological polar surface area (TPSA) is 12.9 Å². The van der Waals surface area contributed by atoms with Gasteiger partial charge in [0.05, 0.1) is 15.7 Å². The molecule has 0 saturated heterocycles. The molecule has 1 aromatic heterocycles. The van der Waals surface area contributed by atoms with E-state index in [1.807, 2.05) is 24.4 Å². The summed E-state index contributed by atoms with van der Waals surface area (Å²) in [5.74, 6) is 1.33. The summed E-state index contributed by atoms with van der Waals surface area (Å²) in [6.07, 6.45) is 9.04. The van der Waals surface area contributed by atoms with Gasteiger partial charge in [0.1, 0.15) is 0 Å². The lowest BCUT2D eigenvalue weighted by Crippen LogP contribution is -2.11. The van der Waals surface area contributed by atoms with Gasteiger partial charge in [0.15, 0.2) is 0 Å². The van der Waals surface area contributed by atoms with E-state index in [1.54, 1.807) is 0 Å². The van der Waals surface area contributed by atoms with Crippen molar-refractivity contribution in [3.63, 3.8) is 0 Å². The van der Waals surface area contributed by atoms with Crippen LogP contribution in [0.25, 0.3) is 11.3 Å². The minimum Gasteiger partial charge on any atom is -0.256 e. The van der Waals surface area contributed by atoms with Crippen LogP contribution in [0.3, 0.4) is 0 Å². The summed E-state index contributed by atoms with van der Waals surface area (Å²) in [7, 11) is 0. The van der Waals surface area contributed by atoms with E-state index in [0.29, 0.717) is 21.9 Å². The predicted molar refractivity (Wildman–Crippen MR) is 94.6 cm³/mol. The number of nitrogens with zero attached hydrogens (tertiary/aromatic N) is 1. The number of hydrogen-bond acceptors (Lipinski definition) is 1. The Labute approximate surface area is 142 Å². The zero-order valence-electron chi connectivity index (χ0n) is 12.4. The number of hydrogen-bond donors (Lipinski definition) is 0. The first-order chi connectivity index (χ1) is 10.7. The van der Waals surface area contributed by atoms with E-state index in [0.717, 1.165) is 11.3 Å². The molecule has 1 aliphatic rings. The number of pyridine rings is 1. The first-order valence-corrected chi connectivity index (χ1v) is 8.47. The average Bonchev–Trinajstić information content (AvgIpc) is 2.58. The Morgan fingerprint density at radius 1 is 1.00 bits per heavy atom. The van der Waals surface area contributed by atoms with Crippen molar-refractivity contribution in [2.75, 3.05) is 0 Å². The maximum atomic E-state index is 6.08. The minimum absolute atomic E-state index is 0.563. The molecule has 1 saturated carbocycles. The SMILES string of the molecule is C=CC1CCC(c2ccc(-c3ccc(Cl)c(Cl)c3)nc2)CC1. The van der Waals surface area contributed by atoms with Crippen LogP contribution in [-0.4, -0.2) is 4.98 Å². The van der Waals surface area contributed by atoms with Crippen LogP contribution in [-0.2, 0) is 0 Å². The van der Waals surface area contributed by atoms with Crippen molar-refractivity contribution in [2.24, 2.45) is 5.92 Å². The van der Waals surface area contributed by atoms with Crippen molar-refractivity contribution < 1.29 is 0 Å². The van der Waals surface area contributed by atoms with E-state index >= 15 is 0 Å². The van der Waals surface area contributed by atoms with Gasteiger partial charge in [-0.1, -0.05) is 41.4 Å². The van der Waals surface area contributed by atoms with Crippen LogP contribution in [0.4, 0.5) is 0 Å². The summed E-state index contributed by atoms with van der Waals surface area (Å²) in [6, 6.07) is 9.90. The highest BCUT2D eigenvalue weighted by Crippen LogP contribution is 2.36. The maximum absolute atomic E-state index is 6.08. The maximum Gasteiger partial charge on any atom is 0.0702 e. The third kappa shape index (κ3) is 3.37. The molecule has 1 nitrogen and oxygen atoms in total. The Morgan fingerprint density at radius 2 is 1.77 bits per heavy atom. The second kappa shape index (κ2) is 6.85. The van der Waals surface area contributed by atoms with Crippen LogP contribution in [0.15, 0.2) is 49.2 Å². The van der Waals surface area contributed by atoms with Gasteiger partial charge in [-0.2, -0.15) is 0 Å². The van der Waals surface area contributed by atoms with Crippen molar-refractivity contribution in [1.82, 2.24) is 4.98 Å². The first-order valence-electron chi connectivity index (χ1n) is 7.71. The van der Waals surface area contributed by atoms with E-state index < -0.39 is 0 Å². The van der Waals surface area contributed by atoms with Crippen molar-refractivity contribution in [3.8, 4) is 11.3 Å². The fourth-order valence-corrected chi connectivity index (χ4v) is 3.46. The summed E-state index contributed by atoms with van der Waals surface area (Å²) in [6.45, 7) is 3.91. The Bertz CT molecular complexity index is 656. The molecule has 22 heavy (non-hydrogen) atoms. The van der Waals surface area contributed by atoms with Gasteiger partial charge in [-0.3, -0.25) is 4.98 Å². The monoisotopic (exact) mass is 331 g/mol. The number of rotatable bonds is 3. The lowest BCUT2D eigenvalue weighted by Gasteiger charge is -2.26. The molecule has 3 heteroatoms. The van der Waals surface area contributed by atoms with Gasteiger partial charge in [0.25, 0.3) is 0 Å². The lowest BCUT2D eigenvalue weighted by molar-refractivity contribution is 0.376. The first kappa shape index (κ1) is 15.6. The van der Waals surface area contributed by atoms with Crippen LogP contribution in [0.1, 0.15) is 37.2 Å². The molecule has 3 rings (SSSR count). The zero-order chi connectivity index (χ0) is 15.5. The molecule has 1 aromatic carbocycles. The van der Waals surface area contributed by atoms with E-state index in [1.165, 1.54) is 31.2 Å². The summed E-state index contributed by atoms with van der Waals surface area (Å²) in [5.41, 5.74) is 3.27. The van der Waals surface area contributed by atoms with Crippen molar-refractivity contribution in [2.45, 2.75) is 31.6 Å². The van der Waals surface area contributed by atoms with Gasteiger partial charge in [-0.25, -0.2) is 0 Å². The molecule has 1 heterocycles. The van der Waals surface area contributed by atoms with Gasteiger partial charge in [0, 0.05) is 11.8 Å². The fraction of sp³-hybridized carbons (Fsp3) is 0.316. The van der Waals surface area contributed by atoms with Crippen molar-refractivity contribution >= 4 is 23.2 Å². The molecular weight excluding hydrogens is 313 g/mol. The summed E-state index contributed by atoms with van der Waals surface area (Å²) < 4.78 is 0. The molecule has 0 atom stereocenters. The Kier molecular flexibility index (Phi) is 4.85. The van der Waals surface area contributed by atoms with Crippen LogP contribution in [0.5, 0.6) is 0 Å². The molecule has 0 unspecified atom stereocenters. The molecule has 1 aliphatic carbocycles. The smallest absolute Gasteiger partial charge is 0.0702 e. The number of benzene rings is 1. The van der Waals surface area contributed by atoms with Gasteiger partial charge in [-0.05, 0) is 61.3 Å². The van der Waals surface area contributed by atoms with Gasteiger partial charge < -0.3 is 0 Å². The summed E-state index contributed by atoms with van der Waals surface area (Å²) in [5, 5.41) is 1.13. The molecule has 0 spiro atoms. The van der Waals surface area contributed by atoms with Crippen LogP contribution >= 0.6 is 23.2 Å². The Morgan fingerprint density at radius 3 is 2.36 bits per heavy atom. The van der Waals surface area contributed by atoms with Gasteiger partial charge in [-0.15, -0.1) is 6.58 Å². The number of aromatic nitrogens is 1. The molecule has 2 aromatic rings. The van der Waals surface area contributed by atoms with Gasteiger partial charge >= 0.3 is 0 Å². The molecule has 0 radical (unpaired) electrons. The van der Waals surface area contributed by atoms with Crippen LogP contribution < -0.4 is 0 Å². The highest BCUT2D eigenvalue weighted by molar-refractivity contribution is 6.42. The predicted octanol–water partition coefficient (Wildman–Crippen LogP) is 6.52. The van der Waals surface area contributed by atoms with E-state index in [-0.39, 0.29) is 0 Å². The summed E-state index contributed by atoms with van der Waals surface area (Å²) in [4.78, 5) is 4.61. The summed E-state index contributed by atoms with van der Waals surface area (Å²) >= 11 is 12.0. The second-order valence-electron chi connectivity index (χ2n) is 5.95. The molecule has 0 amide bonds. The molecule has 0 bridgehead atoms. The standard InChI is InChI=1S/C19H19Cl2N/c1-2-13-3-5-14(6-4-13)16-8-10-19(22-12-16)15-7-9-17(20)18(21)11-15/h2,7-14H,1,3-6H2. The van der Waals surface area contributed by atoms with Gasteiger partial charge in [0.2, 0.25) is 0 Å². The van der Waals surface area contributed by atoms with E-state index in [4.69, 9.17) is 23.2 Å². The minimum atomic E-state index is 0.563. The third-order valence-electron chi connectivity index (χ3n) is 4.58. The van der Waals surface area contributed by atoms with E-state index in [2.05, 4.69) is 29.8 Å². The van der Waals surface area contributed by atoms with Crippen molar-refractivity contribution in [1.29, 1.82) is 0 Å². The third-order valence-corrected chi connectivity index (χ3v) is 5.32. The largest absolute Gasteiger partial charge is 0.256 e. The van der Waals surface area contributed by atoms with Crippen LogP contribution in [0.2, 0.25) is 10.0 Å². The molecule has 0 N–H and O–H groups in total. The van der Waals surface area contributed by atoms with Crippen LogP contribution in [0, 0.1) is 5.92 Å². The molecular formula is C19H19Cl2N. The Balaban J connectivity index is 1.75. The number of halogens is 2. The zero-order valence-corrected chi connectivity index (χ0v) is 13.9. The van der Waals surface area contributed by atoms with E-state index in [9.17, 15) is 0 Å². The fourth-order valence-electron chi connectivity index (χ4n) is 3.16. The second-order valence-corrected chi connectivity index (χ2v) is 6.77. The molecule has 114 valence electrons. The normalized spacial score (nSPS) is 21.5. The molecule has 1 fully saturated rings. The quantitative estimate of drug-likeness (QED) is 0.583. The highest BCUT2D eigenvalue weighted by Gasteiger charge is 2.20. The molecule has 0 aliphatic heterocycles. The average molecular weight is 332 g/mol. The highest BCUT2D eigenvalue weighted by atomic mass is 35.5. The number of allylic oxidation sites excluding steroid dienone is 1.